The van der Waals surface area contributed by atoms with Gasteiger partial charge in [0, 0.05) is 35.5 Å². The summed E-state index contributed by atoms with van der Waals surface area (Å²) < 4.78 is 0.931. The van der Waals surface area contributed by atoms with Gasteiger partial charge in [-0.05, 0) is 81.0 Å². The molecule has 2 fully saturated rings. The smallest absolute Gasteiger partial charge is 0.313 e. The third-order valence-electron chi connectivity index (χ3n) is 7.58. The first kappa shape index (κ1) is 29.1. The van der Waals surface area contributed by atoms with Crippen molar-refractivity contribution in [1.82, 2.24) is 10.2 Å². The minimum absolute atomic E-state index is 0.167. The average molecular weight is 618 g/mol. The second kappa shape index (κ2) is 12.5. The lowest BCUT2D eigenvalue weighted by Gasteiger charge is -2.34. The lowest BCUT2D eigenvalue weighted by atomic mass is 9.94. The number of anilines is 2. The van der Waals surface area contributed by atoms with Crippen molar-refractivity contribution < 1.29 is 19.2 Å². The zero-order valence-electron chi connectivity index (χ0n) is 22.5. The van der Waals surface area contributed by atoms with Crippen molar-refractivity contribution >= 4 is 62.5 Å². The van der Waals surface area contributed by atoms with Gasteiger partial charge in [0.1, 0.15) is 6.04 Å². The summed E-state index contributed by atoms with van der Waals surface area (Å²) in [5, 5.41) is 5.31. The van der Waals surface area contributed by atoms with Crippen LogP contribution in [0.15, 0.2) is 34.8 Å². The van der Waals surface area contributed by atoms with Gasteiger partial charge in [0.15, 0.2) is 0 Å². The molecule has 4 rings (SSSR count). The first-order chi connectivity index (χ1) is 18.6. The normalized spacial score (nSPS) is 18.0. The van der Waals surface area contributed by atoms with E-state index in [9.17, 15) is 19.2 Å². The van der Waals surface area contributed by atoms with E-state index >= 15 is 0 Å². The summed E-state index contributed by atoms with van der Waals surface area (Å²) in [5.41, 5.74) is 3.35. The highest BCUT2D eigenvalue weighted by molar-refractivity contribution is 9.10. The van der Waals surface area contributed by atoms with Gasteiger partial charge in [-0.2, -0.15) is 0 Å². The highest BCUT2D eigenvalue weighted by Gasteiger charge is 2.33. The molecule has 0 bridgehead atoms. The van der Waals surface area contributed by atoms with Crippen LogP contribution in [0.4, 0.5) is 11.4 Å². The van der Waals surface area contributed by atoms with Crippen LogP contribution in [0.3, 0.4) is 0 Å². The number of aryl methyl sites for hydroxylation is 2. The van der Waals surface area contributed by atoms with Gasteiger partial charge in [-0.15, -0.1) is 0 Å². The number of halogens is 2. The number of hydrogen-bond acceptors (Lipinski definition) is 4. The number of amides is 4. The Morgan fingerprint density at radius 1 is 0.974 bits per heavy atom. The van der Waals surface area contributed by atoms with E-state index in [1.807, 2.05) is 26.0 Å². The van der Waals surface area contributed by atoms with Crippen molar-refractivity contribution in [2.75, 3.05) is 23.8 Å². The third kappa shape index (κ3) is 6.64. The number of piperidine rings is 1. The van der Waals surface area contributed by atoms with E-state index in [2.05, 4.69) is 26.6 Å². The maximum atomic E-state index is 13.3. The zero-order valence-corrected chi connectivity index (χ0v) is 24.8. The van der Waals surface area contributed by atoms with Crippen molar-refractivity contribution in [2.45, 2.75) is 70.9 Å². The molecule has 10 heteroatoms. The van der Waals surface area contributed by atoms with Crippen LogP contribution >= 0.6 is 27.5 Å². The minimum atomic E-state index is -0.912. The van der Waals surface area contributed by atoms with E-state index in [0.717, 1.165) is 47.0 Å². The third-order valence-corrected chi connectivity index (χ3v) is 8.35. The van der Waals surface area contributed by atoms with Crippen LogP contribution in [0.5, 0.6) is 0 Å². The Morgan fingerprint density at radius 3 is 2.28 bits per heavy atom. The molecule has 1 atom stereocenters. The predicted octanol–water partition coefficient (Wildman–Crippen LogP) is 5.37. The Labute approximate surface area is 242 Å². The van der Waals surface area contributed by atoms with E-state index in [1.54, 1.807) is 29.0 Å². The van der Waals surface area contributed by atoms with Gasteiger partial charge >= 0.3 is 11.8 Å². The van der Waals surface area contributed by atoms with Gasteiger partial charge in [0.25, 0.3) is 5.91 Å². The maximum Gasteiger partial charge on any atom is 0.313 e. The molecule has 2 aliphatic rings. The largest absolute Gasteiger partial charge is 0.339 e. The van der Waals surface area contributed by atoms with Crippen LogP contribution in [0.2, 0.25) is 5.02 Å². The fourth-order valence-corrected chi connectivity index (χ4v) is 6.51. The molecule has 8 nitrogen and oxygen atoms in total. The Bertz CT molecular complexity index is 1270. The van der Waals surface area contributed by atoms with Crippen LogP contribution in [0.25, 0.3) is 0 Å². The summed E-state index contributed by atoms with van der Waals surface area (Å²) in [5.74, 6) is -2.23. The molecule has 1 heterocycles. The molecule has 0 radical (unpaired) electrons. The average Bonchev–Trinajstić information content (AvgIpc) is 2.90. The van der Waals surface area contributed by atoms with Gasteiger partial charge in [-0.25, -0.2) is 0 Å². The molecule has 0 aromatic heterocycles. The number of benzene rings is 2. The van der Waals surface area contributed by atoms with Crippen molar-refractivity contribution in [3.8, 4) is 0 Å². The molecular formula is C29H34BrClN4O4. The predicted molar refractivity (Wildman–Crippen MR) is 156 cm³/mol. The summed E-state index contributed by atoms with van der Waals surface area (Å²) >= 11 is 9.88. The van der Waals surface area contributed by atoms with Crippen LogP contribution in [0.1, 0.15) is 66.4 Å². The Kier molecular flexibility index (Phi) is 9.33. The second-order valence-electron chi connectivity index (χ2n) is 10.4. The molecule has 1 aliphatic carbocycles. The summed E-state index contributed by atoms with van der Waals surface area (Å²) in [7, 11) is 1.79. The summed E-state index contributed by atoms with van der Waals surface area (Å²) in [6, 6.07) is 7.85. The quantitative estimate of drug-likeness (QED) is 0.441. The fraction of sp³-hybridized carbons (Fsp3) is 0.448. The maximum absolute atomic E-state index is 13.3. The molecule has 39 heavy (non-hydrogen) atoms. The molecule has 1 aliphatic heterocycles. The van der Waals surface area contributed by atoms with Crippen molar-refractivity contribution in [2.24, 2.45) is 0 Å². The van der Waals surface area contributed by atoms with Gasteiger partial charge in [0.05, 0.1) is 10.6 Å². The number of nitrogens with one attached hydrogen (secondary N) is 2. The van der Waals surface area contributed by atoms with E-state index in [0.29, 0.717) is 24.9 Å². The molecule has 208 valence electrons. The molecule has 1 saturated heterocycles. The number of carbonyl (C=O) groups excluding carboxylic acids is 4. The van der Waals surface area contributed by atoms with Crippen LogP contribution < -0.4 is 15.5 Å². The fourth-order valence-electron chi connectivity index (χ4n) is 5.56. The highest BCUT2D eigenvalue weighted by atomic mass is 79.9. The molecule has 2 aromatic rings. The second-order valence-corrected chi connectivity index (χ2v) is 11.7. The molecule has 1 unspecified atom stereocenters. The lowest BCUT2D eigenvalue weighted by Crippen LogP contribution is -2.54. The SMILES string of the molecule is Cc1cc(Br)cc(C)c1N1CCCC(NC(=O)C(=O)Nc2ccc(C(=O)N(C)C3CCCCC3)c(Cl)c2)C1=O. The zero-order chi connectivity index (χ0) is 28.3. The lowest BCUT2D eigenvalue weighted by molar-refractivity contribution is -0.138. The summed E-state index contributed by atoms with van der Waals surface area (Å²) in [6.07, 6.45) is 6.50. The highest BCUT2D eigenvalue weighted by Crippen LogP contribution is 2.31. The van der Waals surface area contributed by atoms with Crippen molar-refractivity contribution in [3.05, 3.63) is 56.5 Å². The van der Waals surface area contributed by atoms with Crippen LogP contribution in [-0.4, -0.2) is 54.2 Å². The Balaban J connectivity index is 1.38. The van der Waals surface area contributed by atoms with Crippen LogP contribution in [-0.2, 0) is 14.4 Å². The van der Waals surface area contributed by atoms with Gasteiger partial charge < -0.3 is 20.4 Å². The number of hydrogen-bond donors (Lipinski definition) is 2. The molecule has 1 saturated carbocycles. The summed E-state index contributed by atoms with van der Waals surface area (Å²) in [6.45, 7) is 4.42. The first-order valence-electron chi connectivity index (χ1n) is 13.3. The van der Waals surface area contributed by atoms with Crippen molar-refractivity contribution in [3.63, 3.8) is 0 Å². The number of rotatable bonds is 5. The number of carbonyl (C=O) groups is 4. The van der Waals surface area contributed by atoms with Crippen molar-refractivity contribution in [1.29, 1.82) is 0 Å². The van der Waals surface area contributed by atoms with E-state index in [-0.39, 0.29) is 28.6 Å². The number of nitrogens with zero attached hydrogens (tertiary/aromatic N) is 2. The van der Waals surface area contributed by atoms with E-state index in [4.69, 9.17) is 11.6 Å². The Hall–Kier alpha value is -2.91. The first-order valence-corrected chi connectivity index (χ1v) is 14.5. The van der Waals surface area contributed by atoms with Gasteiger partial charge in [-0.3, -0.25) is 19.2 Å². The van der Waals surface area contributed by atoms with E-state index < -0.39 is 17.9 Å². The van der Waals surface area contributed by atoms with E-state index in [1.165, 1.54) is 12.5 Å². The molecule has 4 amide bonds. The molecule has 2 N–H and O–H groups in total. The Morgan fingerprint density at radius 2 is 1.64 bits per heavy atom. The topological polar surface area (TPSA) is 98.8 Å². The standard InChI is InChI=1S/C29H34BrClN4O4/c1-17-14-19(30)15-18(2)25(17)35-13-7-10-24(29(35)39)33-27(37)26(36)32-20-11-12-22(23(31)16-20)28(38)34(3)21-8-5-4-6-9-21/h11-12,14-16,21,24H,4-10,13H2,1-3H3,(H,32,36)(H,33,37). The minimum Gasteiger partial charge on any atom is -0.339 e. The van der Waals surface area contributed by atoms with Gasteiger partial charge in [0.2, 0.25) is 5.91 Å². The molecular weight excluding hydrogens is 584 g/mol. The molecule has 0 spiro atoms. The van der Waals surface area contributed by atoms with Gasteiger partial charge in [-0.1, -0.05) is 46.8 Å². The summed E-state index contributed by atoms with van der Waals surface area (Å²) in [4.78, 5) is 55.1. The van der Waals surface area contributed by atoms with Crippen LogP contribution in [0, 0.1) is 13.8 Å². The molecule has 2 aromatic carbocycles. The monoisotopic (exact) mass is 616 g/mol.